The smallest absolute Gasteiger partial charge is 0.453 e. The molecule has 6 rings (SSSR count). The Morgan fingerprint density at radius 1 is 0.978 bits per heavy atom. The molecule has 1 N–H and O–H groups in total. The van der Waals surface area contributed by atoms with Gasteiger partial charge in [0, 0.05) is 62.8 Å². The molecule has 0 aliphatic carbocycles. The Hall–Kier alpha value is -4.33. The molecule has 2 aliphatic rings. The highest BCUT2D eigenvalue weighted by molar-refractivity contribution is 5.80. The number of tetrazole rings is 1. The number of nitrogens with zero attached hydrogens (tertiary/aromatic N) is 7. The van der Waals surface area contributed by atoms with Crippen molar-refractivity contribution >= 4 is 5.91 Å². The Labute approximate surface area is 265 Å². The van der Waals surface area contributed by atoms with Crippen LogP contribution in [0.3, 0.4) is 0 Å². The lowest BCUT2D eigenvalue weighted by molar-refractivity contribution is -0.146. The second-order valence-corrected chi connectivity index (χ2v) is 11.8. The van der Waals surface area contributed by atoms with Crippen LogP contribution in [0.5, 0.6) is 5.75 Å². The van der Waals surface area contributed by atoms with Gasteiger partial charge in [0.1, 0.15) is 11.9 Å². The predicted molar refractivity (Wildman–Crippen MR) is 163 cm³/mol. The number of alkyl halides is 3. The lowest BCUT2D eigenvalue weighted by atomic mass is 9.81. The molecule has 0 saturated carbocycles. The molecule has 3 aromatic carbocycles. The summed E-state index contributed by atoms with van der Waals surface area (Å²) < 4.78 is 47.2. The Morgan fingerprint density at radius 3 is 2.26 bits per heavy atom. The summed E-state index contributed by atoms with van der Waals surface area (Å²) in [7, 11) is 1.53. The fourth-order valence-corrected chi connectivity index (χ4v) is 6.86. The van der Waals surface area contributed by atoms with Gasteiger partial charge in [-0.1, -0.05) is 60.7 Å². The molecule has 13 heteroatoms. The number of aliphatic hydroxyl groups is 1. The highest BCUT2D eigenvalue weighted by Crippen LogP contribution is 2.37. The second-order valence-electron chi connectivity index (χ2n) is 11.8. The number of ether oxygens (including phenoxy) is 1. The van der Waals surface area contributed by atoms with E-state index in [1.54, 1.807) is 17.0 Å². The van der Waals surface area contributed by atoms with E-state index in [4.69, 9.17) is 4.74 Å². The Kier molecular flexibility index (Phi) is 9.07. The number of piperazine rings is 2. The maximum atomic E-state index is 13.6. The summed E-state index contributed by atoms with van der Waals surface area (Å²) in [5, 5.41) is 20.1. The topological polar surface area (TPSA) is 99.8 Å². The zero-order valence-electron chi connectivity index (χ0n) is 25.6. The average molecular weight is 636 g/mol. The number of hydrogen-bond acceptors (Lipinski definition) is 8. The summed E-state index contributed by atoms with van der Waals surface area (Å²) in [5.74, 6) is -0.972. The SMILES string of the molecule is COc1ccc(-n2nnnc2C(F)(F)F)cc1CN1C[C@@H]2CN(C(=O)[C@@H](C)O)CCN2[C@H](C(c2ccccc2)c2ccccc2)C1. The summed E-state index contributed by atoms with van der Waals surface area (Å²) in [6, 6.07) is 25.4. The number of hydrogen-bond donors (Lipinski definition) is 1. The highest BCUT2D eigenvalue weighted by Gasteiger charge is 2.43. The van der Waals surface area contributed by atoms with Gasteiger partial charge >= 0.3 is 6.18 Å². The predicted octanol–water partition coefficient (Wildman–Crippen LogP) is 3.60. The molecule has 2 saturated heterocycles. The molecule has 3 atom stereocenters. The largest absolute Gasteiger partial charge is 0.496 e. The number of methoxy groups -OCH3 is 1. The molecular weight excluding hydrogens is 599 g/mol. The molecule has 1 amide bonds. The van der Waals surface area contributed by atoms with Crippen LogP contribution in [0.15, 0.2) is 78.9 Å². The Bertz CT molecular complexity index is 1590. The van der Waals surface area contributed by atoms with Crippen molar-refractivity contribution in [1.82, 2.24) is 34.9 Å². The number of carbonyl (C=O) groups excluding carboxylic acids is 1. The third-order valence-electron chi connectivity index (χ3n) is 8.87. The van der Waals surface area contributed by atoms with Crippen LogP contribution in [0.2, 0.25) is 0 Å². The maximum absolute atomic E-state index is 13.6. The number of fused-ring (bicyclic) bond motifs is 1. The summed E-state index contributed by atoms with van der Waals surface area (Å²) >= 11 is 0. The zero-order chi connectivity index (χ0) is 32.4. The molecule has 0 spiro atoms. The first-order valence-electron chi connectivity index (χ1n) is 15.2. The van der Waals surface area contributed by atoms with Crippen molar-refractivity contribution in [2.45, 2.75) is 43.8 Å². The van der Waals surface area contributed by atoms with Gasteiger partial charge in [0.2, 0.25) is 0 Å². The van der Waals surface area contributed by atoms with E-state index >= 15 is 0 Å². The number of aliphatic hydroxyl groups excluding tert-OH is 1. The molecule has 46 heavy (non-hydrogen) atoms. The van der Waals surface area contributed by atoms with Crippen molar-refractivity contribution < 1.29 is 27.8 Å². The van der Waals surface area contributed by atoms with Crippen molar-refractivity contribution in [3.05, 3.63) is 101 Å². The summed E-state index contributed by atoms with van der Waals surface area (Å²) in [4.78, 5) is 19.3. The third kappa shape index (κ3) is 6.48. The number of rotatable bonds is 8. The van der Waals surface area contributed by atoms with Crippen LogP contribution in [0, 0.1) is 0 Å². The minimum Gasteiger partial charge on any atom is -0.496 e. The van der Waals surface area contributed by atoms with Gasteiger partial charge in [-0.15, -0.1) is 5.10 Å². The van der Waals surface area contributed by atoms with Gasteiger partial charge in [0.15, 0.2) is 0 Å². The highest BCUT2D eigenvalue weighted by atomic mass is 19.4. The minimum atomic E-state index is -4.73. The van der Waals surface area contributed by atoms with Crippen LogP contribution in [-0.4, -0.2) is 104 Å². The summed E-state index contributed by atoms with van der Waals surface area (Å²) in [5.41, 5.74) is 3.18. The van der Waals surface area contributed by atoms with Gasteiger partial charge < -0.3 is 14.7 Å². The Balaban J connectivity index is 1.37. The summed E-state index contributed by atoms with van der Waals surface area (Å²) in [6.07, 6.45) is -5.82. The van der Waals surface area contributed by atoms with E-state index < -0.39 is 18.1 Å². The average Bonchev–Trinajstić information content (AvgIpc) is 3.57. The minimum absolute atomic E-state index is 0.00973. The molecule has 2 fully saturated rings. The molecule has 10 nitrogen and oxygen atoms in total. The van der Waals surface area contributed by atoms with Crippen molar-refractivity contribution in [2.75, 3.05) is 39.8 Å². The van der Waals surface area contributed by atoms with Crippen LogP contribution in [0.4, 0.5) is 13.2 Å². The molecule has 0 bridgehead atoms. The molecule has 0 radical (unpaired) electrons. The first-order chi connectivity index (χ1) is 22.1. The maximum Gasteiger partial charge on any atom is 0.453 e. The molecule has 4 aromatic rings. The van der Waals surface area contributed by atoms with Gasteiger partial charge in [-0.05, 0) is 46.7 Å². The van der Waals surface area contributed by atoms with E-state index in [9.17, 15) is 23.1 Å². The standard InChI is InChI=1S/C33H36F3N7O3/c1-22(44)31(45)41-15-16-42-27(20-41)19-40(21-28(42)30(23-9-5-3-6-10-23)24-11-7-4-8-12-24)18-25-17-26(13-14-29(25)46-2)43-32(33(34,35)36)37-38-39-43/h3-14,17,22,27-28,30,44H,15-16,18-21H2,1-2H3/t22-,27-,28+/m1/s1. The first kappa shape index (κ1) is 31.6. The van der Waals surface area contributed by atoms with E-state index in [2.05, 4.69) is 49.6 Å². The van der Waals surface area contributed by atoms with Crippen molar-refractivity contribution in [2.24, 2.45) is 0 Å². The molecular formula is C33H36F3N7O3. The van der Waals surface area contributed by atoms with Gasteiger partial charge in [-0.2, -0.15) is 17.9 Å². The third-order valence-corrected chi connectivity index (χ3v) is 8.87. The van der Waals surface area contributed by atoms with Crippen LogP contribution < -0.4 is 4.74 Å². The lowest BCUT2D eigenvalue weighted by Gasteiger charge is -2.53. The van der Waals surface area contributed by atoms with Crippen LogP contribution in [0.1, 0.15) is 35.4 Å². The van der Waals surface area contributed by atoms with E-state index in [0.717, 1.165) is 0 Å². The zero-order valence-corrected chi connectivity index (χ0v) is 25.6. The number of halogens is 3. The van der Waals surface area contributed by atoms with E-state index in [-0.39, 0.29) is 29.6 Å². The van der Waals surface area contributed by atoms with Crippen LogP contribution in [-0.2, 0) is 17.5 Å². The van der Waals surface area contributed by atoms with Crippen LogP contribution in [0.25, 0.3) is 5.69 Å². The van der Waals surface area contributed by atoms with E-state index in [1.807, 2.05) is 36.4 Å². The Morgan fingerprint density at radius 2 is 1.65 bits per heavy atom. The molecule has 0 unspecified atom stereocenters. The molecule has 242 valence electrons. The first-order valence-corrected chi connectivity index (χ1v) is 15.2. The van der Waals surface area contributed by atoms with E-state index in [1.165, 1.54) is 31.2 Å². The van der Waals surface area contributed by atoms with Gasteiger partial charge in [0.25, 0.3) is 11.7 Å². The van der Waals surface area contributed by atoms with Crippen LogP contribution >= 0.6 is 0 Å². The number of carbonyl (C=O) groups is 1. The normalized spacial score (nSPS) is 20.0. The monoisotopic (exact) mass is 635 g/mol. The quantitative estimate of drug-likeness (QED) is 0.314. The number of benzene rings is 3. The number of amides is 1. The molecule has 1 aromatic heterocycles. The lowest BCUT2D eigenvalue weighted by Crippen LogP contribution is -2.67. The van der Waals surface area contributed by atoms with E-state index in [0.29, 0.717) is 55.3 Å². The summed E-state index contributed by atoms with van der Waals surface area (Å²) in [6.45, 7) is 4.72. The second kappa shape index (κ2) is 13.2. The fraction of sp³-hybridized carbons (Fsp3) is 0.394. The van der Waals surface area contributed by atoms with Crippen molar-refractivity contribution in [1.29, 1.82) is 0 Å². The van der Waals surface area contributed by atoms with Gasteiger partial charge in [-0.25, -0.2) is 0 Å². The number of aromatic nitrogens is 4. The van der Waals surface area contributed by atoms with Gasteiger partial charge in [-0.3, -0.25) is 14.6 Å². The van der Waals surface area contributed by atoms with Crippen molar-refractivity contribution in [3.63, 3.8) is 0 Å². The van der Waals surface area contributed by atoms with Crippen molar-refractivity contribution in [3.8, 4) is 11.4 Å². The molecule has 2 aliphatic heterocycles. The fourth-order valence-electron chi connectivity index (χ4n) is 6.86. The van der Waals surface area contributed by atoms with Gasteiger partial charge in [0.05, 0.1) is 12.8 Å². The molecule has 3 heterocycles.